The van der Waals surface area contributed by atoms with Crippen LogP contribution in [0, 0.1) is 0 Å². The first kappa shape index (κ1) is 23.0. The van der Waals surface area contributed by atoms with Crippen molar-refractivity contribution < 1.29 is 19.3 Å². The van der Waals surface area contributed by atoms with E-state index in [-0.39, 0.29) is 22.8 Å². The molecule has 0 saturated carbocycles. The van der Waals surface area contributed by atoms with Crippen molar-refractivity contribution in [3.63, 3.8) is 0 Å². The number of aromatic hydroxyl groups is 1. The van der Waals surface area contributed by atoms with Crippen molar-refractivity contribution in [3.8, 4) is 28.5 Å². The summed E-state index contributed by atoms with van der Waals surface area (Å²) in [5.74, 6) is 1.37. The van der Waals surface area contributed by atoms with Gasteiger partial charge in [0, 0.05) is 10.9 Å². The van der Waals surface area contributed by atoms with E-state index in [1.54, 1.807) is 28.6 Å². The van der Waals surface area contributed by atoms with Gasteiger partial charge in [0.2, 0.25) is 10.9 Å². The molecule has 4 rings (SSSR count). The third-order valence-electron chi connectivity index (χ3n) is 5.64. The maximum Gasteiger partial charge on any atom is 0.325 e. The Kier molecular flexibility index (Phi) is 7.08. The lowest BCUT2D eigenvalue weighted by molar-refractivity contribution is -0.759. The summed E-state index contributed by atoms with van der Waals surface area (Å²) in [5, 5.41) is 19.2. The van der Waals surface area contributed by atoms with Gasteiger partial charge in [-0.25, -0.2) is 0 Å². The van der Waals surface area contributed by atoms with E-state index < -0.39 is 6.17 Å². The highest BCUT2D eigenvalue weighted by molar-refractivity contribution is 7.99. The standard InChI is InChI=1S/C24H28N4O4S/c1-4-5-6-9-12-33-24-26-23(30)20-16-10-7-8-11-17(16)25-22(28(20)27-24)15-13-18(31-2)21(29)19(14-15)32-3/h7-8,10-11,13-14,22H,4-6,9,12H2,1-3H3,(H2,26,27,29,30)/p+1/t22-/m0/s1. The highest BCUT2D eigenvalue weighted by Crippen LogP contribution is 2.40. The minimum atomic E-state index is -0.500. The molecule has 1 aliphatic rings. The van der Waals surface area contributed by atoms with Gasteiger partial charge >= 0.3 is 11.3 Å². The number of anilines is 1. The fourth-order valence-corrected chi connectivity index (χ4v) is 4.80. The van der Waals surface area contributed by atoms with Crippen LogP contribution >= 0.6 is 11.8 Å². The SMILES string of the molecule is CCCCCCSc1n[n+]2c(c(=O)[nH]1)-c1ccccc1N[C@@H]2c1cc(OC)c(O)c(OC)c1. The van der Waals surface area contributed by atoms with Crippen LogP contribution < -0.4 is 25.0 Å². The van der Waals surface area contributed by atoms with Crippen molar-refractivity contribution in [1.29, 1.82) is 0 Å². The van der Waals surface area contributed by atoms with Gasteiger partial charge < -0.3 is 19.9 Å². The highest BCUT2D eigenvalue weighted by Gasteiger charge is 2.38. The number of rotatable bonds is 9. The van der Waals surface area contributed by atoms with Gasteiger partial charge in [0.25, 0.3) is 6.17 Å². The minimum Gasteiger partial charge on any atom is -0.502 e. The number of aromatic nitrogens is 3. The first-order chi connectivity index (χ1) is 16.1. The molecule has 8 nitrogen and oxygen atoms in total. The normalized spacial score (nSPS) is 14.2. The van der Waals surface area contributed by atoms with Crippen molar-refractivity contribution in [2.75, 3.05) is 25.3 Å². The predicted octanol–water partition coefficient (Wildman–Crippen LogP) is 4.09. The summed E-state index contributed by atoms with van der Waals surface area (Å²) in [6.45, 7) is 2.19. The molecule has 9 heteroatoms. The lowest BCUT2D eigenvalue weighted by Gasteiger charge is -2.23. The fourth-order valence-electron chi connectivity index (χ4n) is 3.95. The third-order valence-corrected chi connectivity index (χ3v) is 6.59. The number of para-hydroxylation sites is 1. The van der Waals surface area contributed by atoms with E-state index in [1.165, 1.54) is 27.1 Å². The van der Waals surface area contributed by atoms with Crippen LogP contribution in [0.5, 0.6) is 17.2 Å². The van der Waals surface area contributed by atoms with Crippen LogP contribution in [0.2, 0.25) is 0 Å². The first-order valence-electron chi connectivity index (χ1n) is 11.1. The number of thioether (sulfide) groups is 1. The van der Waals surface area contributed by atoms with E-state index in [4.69, 9.17) is 14.6 Å². The number of phenolic OH excluding ortho intramolecular Hbond substituents is 1. The summed E-state index contributed by atoms with van der Waals surface area (Å²) < 4.78 is 12.4. The first-order valence-corrected chi connectivity index (χ1v) is 12.1. The molecule has 3 N–H and O–H groups in total. The molecule has 0 spiro atoms. The number of benzene rings is 2. The van der Waals surface area contributed by atoms with E-state index in [0.29, 0.717) is 10.9 Å². The van der Waals surface area contributed by atoms with Gasteiger partial charge in [0.15, 0.2) is 11.5 Å². The molecular weight excluding hydrogens is 440 g/mol. The van der Waals surface area contributed by atoms with Crippen LogP contribution in [0.25, 0.3) is 11.3 Å². The molecular formula is C24H29N4O4S+. The summed E-state index contributed by atoms with van der Waals surface area (Å²) in [5.41, 5.74) is 2.60. The Morgan fingerprint density at radius 2 is 1.85 bits per heavy atom. The number of unbranched alkanes of at least 4 members (excludes halogenated alkanes) is 3. The molecule has 1 aliphatic heterocycles. The molecule has 3 aromatic rings. The monoisotopic (exact) mass is 469 g/mol. The van der Waals surface area contributed by atoms with E-state index >= 15 is 0 Å². The zero-order valence-corrected chi connectivity index (χ0v) is 19.9. The van der Waals surface area contributed by atoms with Crippen molar-refractivity contribution in [3.05, 3.63) is 52.3 Å². The second kappa shape index (κ2) is 10.2. The van der Waals surface area contributed by atoms with Gasteiger partial charge in [-0.05, 0) is 35.4 Å². The van der Waals surface area contributed by atoms with Crippen LogP contribution in [0.3, 0.4) is 0 Å². The Hall–Kier alpha value is -3.20. The Morgan fingerprint density at radius 3 is 2.55 bits per heavy atom. The van der Waals surface area contributed by atoms with Gasteiger partial charge in [0.1, 0.15) is 0 Å². The fraction of sp³-hybridized carbons (Fsp3) is 0.375. The number of nitrogens with one attached hydrogen (secondary N) is 2. The third kappa shape index (κ3) is 4.64. The number of H-pyrrole nitrogens is 1. The van der Waals surface area contributed by atoms with E-state index in [0.717, 1.165) is 35.4 Å². The van der Waals surface area contributed by atoms with Crippen LogP contribution in [0.4, 0.5) is 5.69 Å². The van der Waals surface area contributed by atoms with Crippen LogP contribution in [0.1, 0.15) is 44.3 Å². The van der Waals surface area contributed by atoms with Crippen molar-refractivity contribution in [1.82, 2.24) is 10.1 Å². The molecule has 0 radical (unpaired) electrons. The predicted molar refractivity (Wildman–Crippen MR) is 128 cm³/mol. The molecule has 2 aromatic carbocycles. The Balaban J connectivity index is 1.79. The zero-order chi connectivity index (χ0) is 23.4. The number of aromatic amines is 1. The zero-order valence-electron chi connectivity index (χ0n) is 19.1. The van der Waals surface area contributed by atoms with Crippen molar-refractivity contribution in [2.24, 2.45) is 0 Å². The summed E-state index contributed by atoms with van der Waals surface area (Å²) in [6.07, 6.45) is 4.12. The molecule has 0 bridgehead atoms. The Morgan fingerprint density at radius 1 is 1.12 bits per heavy atom. The molecule has 0 fully saturated rings. The van der Waals surface area contributed by atoms with E-state index in [9.17, 15) is 9.90 Å². The summed E-state index contributed by atoms with van der Waals surface area (Å²) in [7, 11) is 2.97. The van der Waals surface area contributed by atoms with E-state index in [1.807, 2.05) is 24.3 Å². The second-order valence-corrected chi connectivity index (χ2v) is 8.91. The number of fused-ring (bicyclic) bond motifs is 3. The summed E-state index contributed by atoms with van der Waals surface area (Å²) in [6, 6.07) is 11.1. The quantitative estimate of drug-likeness (QED) is 0.247. The molecule has 0 unspecified atom stereocenters. The average Bonchev–Trinajstić information content (AvgIpc) is 2.83. The number of ether oxygens (including phenoxy) is 2. The highest BCUT2D eigenvalue weighted by atomic mass is 32.2. The topological polar surface area (TPSA) is 100 Å². The lowest BCUT2D eigenvalue weighted by Crippen LogP contribution is -2.55. The van der Waals surface area contributed by atoms with Gasteiger partial charge in [-0.3, -0.25) is 9.78 Å². The molecule has 1 aromatic heterocycles. The Bertz CT molecular complexity index is 1170. The molecule has 174 valence electrons. The number of hydrogen-bond acceptors (Lipinski definition) is 7. The van der Waals surface area contributed by atoms with Crippen molar-refractivity contribution in [2.45, 2.75) is 43.9 Å². The van der Waals surface area contributed by atoms with Crippen LogP contribution in [0.15, 0.2) is 46.3 Å². The number of methoxy groups -OCH3 is 2. The van der Waals surface area contributed by atoms with Gasteiger partial charge in [-0.2, -0.15) is 0 Å². The molecule has 1 atom stereocenters. The van der Waals surface area contributed by atoms with Crippen LogP contribution in [-0.2, 0) is 0 Å². The lowest BCUT2D eigenvalue weighted by atomic mass is 10.0. The van der Waals surface area contributed by atoms with Gasteiger partial charge in [0.05, 0.1) is 31.0 Å². The summed E-state index contributed by atoms with van der Waals surface area (Å²) >= 11 is 1.55. The molecule has 2 heterocycles. The van der Waals surface area contributed by atoms with E-state index in [2.05, 4.69) is 17.2 Å². The Labute approximate surface area is 197 Å². The number of hydrogen-bond donors (Lipinski definition) is 3. The molecule has 33 heavy (non-hydrogen) atoms. The molecule has 0 amide bonds. The second-order valence-electron chi connectivity index (χ2n) is 7.83. The number of phenols is 1. The molecule has 0 saturated heterocycles. The maximum absolute atomic E-state index is 13.2. The van der Waals surface area contributed by atoms with Crippen molar-refractivity contribution >= 4 is 17.4 Å². The summed E-state index contributed by atoms with van der Waals surface area (Å²) in [4.78, 5) is 16.2. The van der Waals surface area contributed by atoms with Gasteiger partial charge in [-0.15, -0.1) is 0 Å². The molecule has 0 aliphatic carbocycles. The number of nitrogens with zero attached hydrogens (tertiary/aromatic N) is 2. The van der Waals surface area contributed by atoms with Gasteiger partial charge in [-0.1, -0.05) is 50.1 Å². The average molecular weight is 470 g/mol. The minimum absolute atomic E-state index is 0.0765. The largest absolute Gasteiger partial charge is 0.502 e. The smallest absolute Gasteiger partial charge is 0.325 e. The van der Waals surface area contributed by atoms with Crippen LogP contribution in [-0.4, -0.2) is 35.2 Å². The maximum atomic E-state index is 13.2.